The molecule has 7 nitrogen and oxygen atoms in total. The second-order valence-electron chi connectivity index (χ2n) is 5.57. The number of carbonyl (C=O) groups is 1. The van der Waals surface area contributed by atoms with Crippen LogP contribution in [0.3, 0.4) is 0 Å². The molecule has 0 atom stereocenters. The molecule has 0 saturated carbocycles. The number of hydrogen-bond donors (Lipinski definition) is 1. The fourth-order valence-corrected chi connectivity index (χ4v) is 3.95. The number of hydrogen-bond acceptors (Lipinski definition) is 7. The predicted molar refractivity (Wildman–Crippen MR) is 90.4 cm³/mol. The average molecular weight is 352 g/mol. The number of nitrogens with two attached hydrogens (primary N) is 1. The van der Waals surface area contributed by atoms with E-state index >= 15 is 0 Å². The fourth-order valence-electron chi connectivity index (χ4n) is 2.72. The maximum Gasteiger partial charge on any atom is 0.273 e. The van der Waals surface area contributed by atoms with E-state index in [1.54, 1.807) is 11.8 Å². The highest BCUT2D eigenvalue weighted by Crippen LogP contribution is 2.23. The van der Waals surface area contributed by atoms with Gasteiger partial charge >= 0.3 is 0 Å². The molecule has 1 aliphatic rings. The van der Waals surface area contributed by atoms with Crippen LogP contribution in [0.4, 0.5) is 0 Å². The molecule has 1 saturated heterocycles. The summed E-state index contributed by atoms with van der Waals surface area (Å²) in [5.41, 5.74) is 6.93. The normalized spacial score (nSPS) is 16.0. The van der Waals surface area contributed by atoms with E-state index in [4.69, 9.17) is 5.73 Å². The lowest BCUT2D eigenvalue weighted by atomic mass is 9.96. The second kappa shape index (κ2) is 7.41. The first-order valence-corrected chi connectivity index (χ1v) is 9.68. The highest BCUT2D eigenvalue weighted by molar-refractivity contribution is 8.00. The molecule has 0 spiro atoms. The van der Waals surface area contributed by atoms with E-state index < -0.39 is 0 Å². The Morgan fingerprint density at radius 2 is 2.26 bits per heavy atom. The fraction of sp³-hybridized carbons (Fsp3) is 0.571. The molecule has 1 aliphatic heterocycles. The third-order valence-corrected chi connectivity index (χ3v) is 5.88. The van der Waals surface area contributed by atoms with Gasteiger partial charge in [0, 0.05) is 37.8 Å². The van der Waals surface area contributed by atoms with Crippen LogP contribution < -0.4 is 5.73 Å². The van der Waals surface area contributed by atoms with E-state index in [0.717, 1.165) is 42.5 Å². The lowest BCUT2D eigenvalue weighted by Crippen LogP contribution is -2.39. The lowest BCUT2D eigenvalue weighted by Gasteiger charge is -2.31. The quantitative estimate of drug-likeness (QED) is 0.820. The Morgan fingerprint density at radius 3 is 2.87 bits per heavy atom. The molecule has 23 heavy (non-hydrogen) atoms. The SMILES string of the molecule is CSc1nc(C(=O)N2CCC(Cn3cc(CN)nn3)CC2)cs1. The van der Waals surface area contributed by atoms with Crippen molar-refractivity contribution in [1.29, 1.82) is 0 Å². The van der Waals surface area contributed by atoms with Crippen LogP contribution in [-0.2, 0) is 13.1 Å². The van der Waals surface area contributed by atoms with Crippen molar-refractivity contribution < 1.29 is 4.79 Å². The van der Waals surface area contributed by atoms with Crippen LogP contribution in [0, 0.1) is 5.92 Å². The van der Waals surface area contributed by atoms with Gasteiger partial charge in [0.25, 0.3) is 5.91 Å². The molecule has 3 rings (SSSR count). The molecule has 2 N–H and O–H groups in total. The number of carbonyl (C=O) groups excluding carboxylic acids is 1. The molecule has 0 bridgehead atoms. The van der Waals surface area contributed by atoms with Crippen molar-refractivity contribution in [3.8, 4) is 0 Å². The maximum absolute atomic E-state index is 12.5. The smallest absolute Gasteiger partial charge is 0.273 e. The Bertz CT molecular complexity index is 662. The topological polar surface area (TPSA) is 89.9 Å². The third kappa shape index (κ3) is 3.91. The van der Waals surface area contributed by atoms with Crippen LogP contribution >= 0.6 is 23.1 Å². The van der Waals surface area contributed by atoms with Gasteiger partial charge in [0.2, 0.25) is 0 Å². The van der Waals surface area contributed by atoms with E-state index in [2.05, 4.69) is 15.3 Å². The summed E-state index contributed by atoms with van der Waals surface area (Å²) in [6.07, 6.45) is 5.82. The molecule has 3 heterocycles. The molecule has 2 aromatic heterocycles. The minimum atomic E-state index is 0.0474. The van der Waals surface area contributed by atoms with E-state index in [1.807, 2.05) is 27.4 Å². The molecule has 124 valence electrons. The molecular formula is C14H20N6OS2. The summed E-state index contributed by atoms with van der Waals surface area (Å²) >= 11 is 3.10. The number of piperidine rings is 1. The second-order valence-corrected chi connectivity index (χ2v) is 7.49. The zero-order valence-corrected chi connectivity index (χ0v) is 14.6. The van der Waals surface area contributed by atoms with E-state index in [9.17, 15) is 4.79 Å². The first kappa shape index (κ1) is 16.4. The van der Waals surface area contributed by atoms with Gasteiger partial charge in [-0.05, 0) is 25.0 Å². The van der Waals surface area contributed by atoms with Crippen LogP contribution in [0.2, 0.25) is 0 Å². The Morgan fingerprint density at radius 1 is 1.48 bits per heavy atom. The number of aromatic nitrogens is 4. The van der Waals surface area contributed by atoms with Gasteiger partial charge in [-0.3, -0.25) is 9.48 Å². The van der Waals surface area contributed by atoms with E-state index in [1.165, 1.54) is 11.3 Å². The molecule has 9 heteroatoms. The summed E-state index contributed by atoms with van der Waals surface area (Å²) in [6, 6.07) is 0. The molecule has 1 fully saturated rings. The Kier molecular flexibility index (Phi) is 5.29. The number of thiazole rings is 1. The summed E-state index contributed by atoms with van der Waals surface area (Å²) in [6.45, 7) is 2.79. The van der Waals surface area contributed by atoms with Crippen LogP contribution in [0.5, 0.6) is 0 Å². The third-order valence-electron chi connectivity index (χ3n) is 4.02. The van der Waals surface area contributed by atoms with Crippen molar-refractivity contribution >= 4 is 29.0 Å². The van der Waals surface area contributed by atoms with Crippen LogP contribution in [0.15, 0.2) is 15.9 Å². The molecule has 0 radical (unpaired) electrons. The first-order valence-electron chi connectivity index (χ1n) is 7.57. The van der Waals surface area contributed by atoms with Crippen LogP contribution in [-0.4, -0.2) is 50.1 Å². The van der Waals surface area contributed by atoms with E-state index in [-0.39, 0.29) is 5.91 Å². The van der Waals surface area contributed by atoms with Crippen molar-refractivity contribution in [2.45, 2.75) is 30.3 Å². The molecular weight excluding hydrogens is 332 g/mol. The minimum absolute atomic E-state index is 0.0474. The van der Waals surface area contributed by atoms with Gasteiger partial charge in [-0.2, -0.15) is 0 Å². The van der Waals surface area contributed by atoms with Crippen LogP contribution in [0.25, 0.3) is 0 Å². The highest BCUT2D eigenvalue weighted by Gasteiger charge is 2.25. The summed E-state index contributed by atoms with van der Waals surface area (Å²) in [4.78, 5) is 18.7. The number of thioether (sulfide) groups is 1. The maximum atomic E-state index is 12.5. The number of nitrogens with zero attached hydrogens (tertiary/aromatic N) is 5. The Hall–Kier alpha value is -1.45. The van der Waals surface area contributed by atoms with Gasteiger partial charge in [0.15, 0.2) is 0 Å². The lowest BCUT2D eigenvalue weighted by molar-refractivity contribution is 0.0675. The summed E-state index contributed by atoms with van der Waals surface area (Å²) < 4.78 is 2.79. The first-order chi connectivity index (χ1) is 11.2. The van der Waals surface area contributed by atoms with Crippen molar-refractivity contribution in [3.05, 3.63) is 23.0 Å². The van der Waals surface area contributed by atoms with Crippen molar-refractivity contribution in [3.63, 3.8) is 0 Å². The Balaban J connectivity index is 1.52. The van der Waals surface area contributed by atoms with Gasteiger partial charge in [-0.25, -0.2) is 4.98 Å². The molecule has 0 aromatic carbocycles. The molecule has 0 aliphatic carbocycles. The summed E-state index contributed by atoms with van der Waals surface area (Å²) in [5, 5.41) is 9.95. The van der Waals surface area contributed by atoms with Gasteiger partial charge in [0.05, 0.1) is 5.69 Å². The predicted octanol–water partition coefficient (Wildman–Crippen LogP) is 1.47. The largest absolute Gasteiger partial charge is 0.337 e. The monoisotopic (exact) mass is 352 g/mol. The van der Waals surface area contributed by atoms with E-state index in [0.29, 0.717) is 18.2 Å². The van der Waals surface area contributed by atoms with Crippen LogP contribution in [0.1, 0.15) is 29.0 Å². The number of likely N-dealkylation sites (tertiary alicyclic amines) is 1. The van der Waals surface area contributed by atoms with Crippen molar-refractivity contribution in [2.75, 3.05) is 19.3 Å². The number of amides is 1. The highest BCUT2D eigenvalue weighted by atomic mass is 32.2. The summed E-state index contributed by atoms with van der Waals surface area (Å²) in [7, 11) is 0. The summed E-state index contributed by atoms with van der Waals surface area (Å²) in [5.74, 6) is 0.565. The van der Waals surface area contributed by atoms with Gasteiger partial charge in [0.1, 0.15) is 10.0 Å². The van der Waals surface area contributed by atoms with Gasteiger partial charge < -0.3 is 10.6 Å². The molecule has 1 amide bonds. The molecule has 2 aromatic rings. The standard InChI is InChI=1S/C14H20N6OS2/c1-22-14-16-12(9-23-14)13(21)19-4-2-10(3-5-19)7-20-8-11(6-15)17-18-20/h8-10H,2-7,15H2,1H3. The minimum Gasteiger partial charge on any atom is -0.337 e. The van der Waals surface area contributed by atoms with Gasteiger partial charge in [-0.1, -0.05) is 17.0 Å². The zero-order valence-electron chi connectivity index (χ0n) is 13.0. The average Bonchev–Trinajstić information content (AvgIpc) is 3.24. The van der Waals surface area contributed by atoms with Crippen molar-refractivity contribution in [1.82, 2.24) is 24.9 Å². The molecule has 0 unspecified atom stereocenters. The van der Waals surface area contributed by atoms with Crippen molar-refractivity contribution in [2.24, 2.45) is 11.7 Å². The number of rotatable bonds is 5. The zero-order chi connectivity index (χ0) is 16.2. The Labute approximate surface area is 143 Å². The van der Waals surface area contributed by atoms with Gasteiger partial charge in [-0.15, -0.1) is 16.4 Å².